The van der Waals surface area contributed by atoms with E-state index in [9.17, 15) is 20.0 Å². The maximum atomic E-state index is 13.7. The average Bonchev–Trinajstić information content (AvgIpc) is 2.97. The van der Waals surface area contributed by atoms with Crippen molar-refractivity contribution in [2.75, 3.05) is 17.8 Å². The van der Waals surface area contributed by atoms with Gasteiger partial charge < -0.3 is 15.2 Å². The Hall–Kier alpha value is -4.48. The molecule has 1 heterocycles. The predicted molar refractivity (Wildman–Crippen MR) is 152 cm³/mol. The molecule has 1 aliphatic carbocycles. The molecule has 2 aliphatic rings. The third-order valence-electron chi connectivity index (χ3n) is 6.82. The molecule has 0 fully saturated rings. The summed E-state index contributed by atoms with van der Waals surface area (Å²) in [5.74, 6) is -0.465. The van der Waals surface area contributed by atoms with Crippen LogP contribution < -0.4 is 15.0 Å². The number of ketones is 1. The van der Waals surface area contributed by atoms with Gasteiger partial charge in [-0.05, 0) is 54.8 Å². The van der Waals surface area contributed by atoms with Crippen molar-refractivity contribution in [1.82, 2.24) is 5.32 Å². The number of dihydropyridines is 1. The summed E-state index contributed by atoms with van der Waals surface area (Å²) in [6.45, 7) is 0. The lowest BCUT2D eigenvalue weighted by Gasteiger charge is -2.33. The maximum Gasteiger partial charge on any atom is 0.241 e. The number of nitrogens with zero attached hydrogens (tertiary/aromatic N) is 2. The maximum absolute atomic E-state index is 13.7. The van der Waals surface area contributed by atoms with E-state index in [-0.39, 0.29) is 28.9 Å². The van der Waals surface area contributed by atoms with E-state index in [1.165, 1.54) is 24.9 Å². The smallest absolute Gasteiger partial charge is 0.241 e. The molecule has 39 heavy (non-hydrogen) atoms. The zero-order valence-electron chi connectivity index (χ0n) is 21.4. The fourth-order valence-electron chi connectivity index (χ4n) is 5.03. The number of nitrogens with one attached hydrogen (secondary N) is 1. The number of carbonyl (C=O) groups excluding carboxylic acids is 2. The first-order valence-electron chi connectivity index (χ1n) is 12.6. The van der Waals surface area contributed by atoms with Crippen molar-refractivity contribution in [3.63, 3.8) is 0 Å². The third kappa shape index (κ3) is 5.27. The first-order chi connectivity index (χ1) is 19.0. The fraction of sp³-hybridized carbons (Fsp3) is 0.194. The number of hydrogen-bond donors (Lipinski definition) is 2. The molecule has 0 saturated heterocycles. The Bertz CT molecular complexity index is 1470. The van der Waals surface area contributed by atoms with E-state index in [4.69, 9.17) is 4.74 Å². The molecule has 196 valence electrons. The Labute approximate surface area is 231 Å². The van der Waals surface area contributed by atoms with Gasteiger partial charge in [0.15, 0.2) is 17.3 Å². The van der Waals surface area contributed by atoms with E-state index < -0.39 is 5.92 Å². The molecule has 1 amide bonds. The highest BCUT2D eigenvalue weighted by Gasteiger charge is 2.37. The van der Waals surface area contributed by atoms with Gasteiger partial charge >= 0.3 is 0 Å². The summed E-state index contributed by atoms with van der Waals surface area (Å²) in [4.78, 5) is 28.4. The van der Waals surface area contributed by atoms with Crippen LogP contribution in [0.3, 0.4) is 0 Å². The number of methoxy groups -OCH3 is 1. The highest BCUT2D eigenvalue weighted by Crippen LogP contribution is 2.45. The van der Waals surface area contributed by atoms with E-state index in [0.717, 1.165) is 17.1 Å². The summed E-state index contributed by atoms with van der Waals surface area (Å²) >= 11 is 1.25. The summed E-state index contributed by atoms with van der Waals surface area (Å²) < 4.78 is 5.30. The summed E-state index contributed by atoms with van der Waals surface area (Å²) in [6, 6.07) is 26.0. The Morgan fingerprint density at radius 3 is 2.36 bits per heavy atom. The number of ether oxygens (including phenoxy) is 1. The van der Waals surface area contributed by atoms with Crippen LogP contribution in [0.1, 0.15) is 30.7 Å². The van der Waals surface area contributed by atoms with Crippen LogP contribution in [0.4, 0.5) is 11.4 Å². The standard InChI is InChI=1S/C31H27N3O4S/c1-38-27-17-20(15-16-25(27)35)29-23(18-32)31(33-24-13-8-14-26(36)30(24)29)39-19-28(37)34(21-9-4-2-5-10-21)22-11-6-3-7-12-22/h2-7,9-12,15-17,29,33,35H,8,13-14,19H2,1H3/t29-/m0/s1. The number of Topliss-reactive ketones (excluding diaryl/α,β-unsaturated/α-hetero) is 1. The van der Waals surface area contributed by atoms with Crippen LogP contribution in [0.2, 0.25) is 0 Å². The summed E-state index contributed by atoms with van der Waals surface area (Å²) in [5, 5.41) is 24.3. The van der Waals surface area contributed by atoms with Crippen LogP contribution in [-0.2, 0) is 9.59 Å². The van der Waals surface area contributed by atoms with Gasteiger partial charge in [0.2, 0.25) is 5.91 Å². The number of nitriles is 1. The lowest BCUT2D eigenvalue weighted by Crippen LogP contribution is -2.32. The summed E-state index contributed by atoms with van der Waals surface area (Å²) in [7, 11) is 1.46. The average molecular weight is 538 g/mol. The number of aromatic hydroxyl groups is 1. The van der Waals surface area contributed by atoms with Gasteiger partial charge in [0.05, 0.1) is 35.5 Å². The van der Waals surface area contributed by atoms with Gasteiger partial charge in [-0.25, -0.2) is 0 Å². The van der Waals surface area contributed by atoms with Crippen LogP contribution in [0, 0.1) is 11.3 Å². The number of phenolic OH excluding ortho intramolecular Hbond substituents is 1. The molecule has 1 aliphatic heterocycles. The lowest BCUT2D eigenvalue weighted by atomic mass is 9.77. The number of para-hydroxylation sites is 2. The highest BCUT2D eigenvalue weighted by molar-refractivity contribution is 8.03. The molecule has 1 atom stereocenters. The second-order valence-corrected chi connectivity index (χ2v) is 10.2. The fourth-order valence-corrected chi connectivity index (χ4v) is 5.95. The van der Waals surface area contributed by atoms with Crippen molar-refractivity contribution in [3.8, 4) is 17.6 Å². The minimum absolute atomic E-state index is 0.00648. The molecule has 2 N–H and O–H groups in total. The molecule has 3 aromatic carbocycles. The van der Waals surface area contributed by atoms with Crippen molar-refractivity contribution in [2.45, 2.75) is 25.2 Å². The van der Waals surface area contributed by atoms with Crippen LogP contribution in [0.15, 0.2) is 101 Å². The number of carbonyl (C=O) groups is 2. The van der Waals surface area contributed by atoms with E-state index in [2.05, 4.69) is 11.4 Å². The van der Waals surface area contributed by atoms with Crippen molar-refractivity contribution in [1.29, 1.82) is 5.26 Å². The molecule has 0 radical (unpaired) electrons. The normalized spacial score (nSPS) is 16.7. The predicted octanol–water partition coefficient (Wildman–Crippen LogP) is 5.93. The molecule has 0 aromatic heterocycles. The third-order valence-corrected chi connectivity index (χ3v) is 7.82. The molecule has 8 heteroatoms. The Morgan fingerprint density at radius 1 is 1.08 bits per heavy atom. The number of benzene rings is 3. The SMILES string of the molecule is COc1cc([C@H]2C(C#N)=C(SCC(=O)N(c3ccccc3)c3ccccc3)NC3=C2C(=O)CCC3)ccc1O. The number of phenols is 1. The van der Waals surface area contributed by atoms with Gasteiger partial charge in [-0.3, -0.25) is 14.5 Å². The number of rotatable bonds is 7. The molecule has 5 rings (SSSR count). The molecular weight excluding hydrogens is 510 g/mol. The first-order valence-corrected chi connectivity index (χ1v) is 13.6. The lowest BCUT2D eigenvalue weighted by molar-refractivity contribution is -0.116. The number of allylic oxidation sites excluding steroid dienone is 3. The number of thioether (sulfide) groups is 1. The molecule has 3 aromatic rings. The first kappa shape index (κ1) is 26.1. The van der Waals surface area contributed by atoms with Crippen molar-refractivity contribution >= 4 is 34.8 Å². The Kier molecular flexibility index (Phi) is 7.71. The zero-order chi connectivity index (χ0) is 27.4. The minimum atomic E-state index is -0.620. The second-order valence-electron chi connectivity index (χ2n) is 9.20. The van der Waals surface area contributed by atoms with Crippen LogP contribution in [0.5, 0.6) is 11.5 Å². The molecular formula is C31H27N3O4S. The van der Waals surface area contributed by atoms with Crippen molar-refractivity contribution < 1.29 is 19.4 Å². The van der Waals surface area contributed by atoms with Gasteiger partial charge in [0.25, 0.3) is 0 Å². The minimum Gasteiger partial charge on any atom is -0.504 e. The van der Waals surface area contributed by atoms with Crippen LogP contribution in [-0.4, -0.2) is 29.7 Å². The number of amides is 1. The zero-order valence-corrected chi connectivity index (χ0v) is 22.2. The topological polar surface area (TPSA) is 103 Å². The Balaban J connectivity index is 1.50. The van der Waals surface area contributed by atoms with Gasteiger partial charge in [-0.2, -0.15) is 5.26 Å². The number of anilines is 2. The molecule has 0 bridgehead atoms. The van der Waals surface area contributed by atoms with E-state index in [0.29, 0.717) is 41.0 Å². The Morgan fingerprint density at radius 2 is 1.74 bits per heavy atom. The highest BCUT2D eigenvalue weighted by atomic mass is 32.2. The number of hydrogen-bond acceptors (Lipinski definition) is 7. The molecule has 0 spiro atoms. The van der Waals surface area contributed by atoms with Gasteiger partial charge in [-0.1, -0.05) is 54.2 Å². The van der Waals surface area contributed by atoms with E-state index in [1.54, 1.807) is 17.0 Å². The molecule has 7 nitrogen and oxygen atoms in total. The monoisotopic (exact) mass is 537 g/mol. The van der Waals surface area contributed by atoms with Gasteiger partial charge in [-0.15, -0.1) is 0 Å². The van der Waals surface area contributed by atoms with E-state index >= 15 is 0 Å². The summed E-state index contributed by atoms with van der Waals surface area (Å²) in [5.41, 5.74) is 3.87. The molecule has 0 unspecified atom stereocenters. The largest absolute Gasteiger partial charge is 0.504 e. The van der Waals surface area contributed by atoms with Crippen LogP contribution in [0.25, 0.3) is 0 Å². The second kappa shape index (κ2) is 11.5. The molecule has 0 saturated carbocycles. The van der Waals surface area contributed by atoms with Gasteiger partial charge in [0.1, 0.15) is 0 Å². The van der Waals surface area contributed by atoms with Crippen molar-refractivity contribution in [3.05, 3.63) is 106 Å². The van der Waals surface area contributed by atoms with Gasteiger partial charge in [0, 0.05) is 29.1 Å². The van der Waals surface area contributed by atoms with Crippen LogP contribution >= 0.6 is 11.8 Å². The van der Waals surface area contributed by atoms with E-state index in [1.807, 2.05) is 60.7 Å². The summed E-state index contributed by atoms with van der Waals surface area (Å²) in [6.07, 6.45) is 1.80. The quantitative estimate of drug-likeness (QED) is 0.385. The van der Waals surface area contributed by atoms with Crippen molar-refractivity contribution in [2.24, 2.45) is 0 Å².